The Hall–Kier alpha value is -2.14. The van der Waals surface area contributed by atoms with Gasteiger partial charge in [-0.25, -0.2) is 14.3 Å². The maximum atomic E-state index is 12.7. The fraction of sp³-hybridized carbons (Fsp3) is 0.214. The minimum Gasteiger partial charge on any atom is -0.289 e. The third kappa shape index (κ3) is 1.91. The molecule has 0 amide bonds. The first-order valence-electron chi connectivity index (χ1n) is 6.28. The second-order valence-electron chi connectivity index (χ2n) is 4.78. The molecule has 0 atom stereocenters. The first kappa shape index (κ1) is 12.9. The monoisotopic (exact) mass is 288 g/mol. The molecule has 0 bridgehead atoms. The quantitative estimate of drug-likeness (QED) is 0.728. The molecule has 102 valence electrons. The summed E-state index contributed by atoms with van der Waals surface area (Å²) in [6.07, 6.45) is 4.69. The van der Waals surface area contributed by atoms with Crippen LogP contribution < -0.4 is 5.69 Å². The van der Waals surface area contributed by atoms with E-state index in [9.17, 15) is 4.79 Å². The number of fused-ring (bicyclic) bond motifs is 1. The van der Waals surface area contributed by atoms with Crippen LogP contribution in [0.2, 0.25) is 5.02 Å². The van der Waals surface area contributed by atoms with Crippen molar-refractivity contribution in [1.29, 1.82) is 0 Å². The molecule has 0 aliphatic rings. The average Bonchev–Trinajstić information content (AvgIpc) is 2.71. The Morgan fingerprint density at radius 2 is 2.00 bits per heavy atom. The molecule has 0 aliphatic heterocycles. The van der Waals surface area contributed by atoms with Gasteiger partial charge in [0.1, 0.15) is 0 Å². The number of hydrogen-bond acceptors (Lipinski definition) is 3. The van der Waals surface area contributed by atoms with E-state index in [-0.39, 0.29) is 11.7 Å². The number of rotatable bonds is 2. The van der Waals surface area contributed by atoms with Crippen LogP contribution in [-0.4, -0.2) is 19.1 Å². The molecule has 0 N–H and O–H groups in total. The third-order valence-electron chi connectivity index (χ3n) is 3.13. The van der Waals surface area contributed by atoms with Gasteiger partial charge >= 0.3 is 5.69 Å². The molecule has 20 heavy (non-hydrogen) atoms. The minimum absolute atomic E-state index is 0.0455. The van der Waals surface area contributed by atoms with E-state index in [0.717, 1.165) is 11.0 Å². The van der Waals surface area contributed by atoms with Crippen molar-refractivity contribution in [3.05, 3.63) is 52.3 Å². The lowest BCUT2D eigenvalue weighted by Gasteiger charge is -2.06. The van der Waals surface area contributed by atoms with Gasteiger partial charge in [-0.05, 0) is 32.0 Å². The fourth-order valence-electron chi connectivity index (χ4n) is 2.32. The van der Waals surface area contributed by atoms with E-state index in [4.69, 9.17) is 11.6 Å². The summed E-state index contributed by atoms with van der Waals surface area (Å²) in [6.45, 7) is 3.94. The van der Waals surface area contributed by atoms with E-state index < -0.39 is 0 Å². The molecule has 0 aliphatic carbocycles. The predicted molar refractivity (Wildman–Crippen MR) is 78.5 cm³/mol. The highest BCUT2D eigenvalue weighted by Crippen LogP contribution is 2.22. The topological polar surface area (TPSA) is 52.7 Å². The van der Waals surface area contributed by atoms with Crippen LogP contribution >= 0.6 is 11.6 Å². The molecule has 0 saturated heterocycles. The van der Waals surface area contributed by atoms with Gasteiger partial charge in [0, 0.05) is 23.5 Å². The lowest BCUT2D eigenvalue weighted by molar-refractivity contribution is 0.589. The summed E-state index contributed by atoms with van der Waals surface area (Å²) in [5, 5.41) is 0.580. The van der Waals surface area contributed by atoms with Gasteiger partial charge < -0.3 is 0 Å². The third-order valence-corrected chi connectivity index (χ3v) is 3.37. The molecule has 0 spiro atoms. The molecular formula is C14H13ClN4O. The number of imidazole rings is 1. The Bertz CT molecular complexity index is 820. The summed E-state index contributed by atoms with van der Waals surface area (Å²) in [6, 6.07) is 5.45. The Balaban J connectivity index is 2.45. The summed E-state index contributed by atoms with van der Waals surface area (Å²) in [7, 11) is 0. The smallest absolute Gasteiger partial charge is 0.289 e. The van der Waals surface area contributed by atoms with Crippen LogP contribution in [0.15, 0.2) is 41.6 Å². The predicted octanol–water partition coefficient (Wildman–Crippen LogP) is 2.82. The number of nitrogens with zero attached hydrogens (tertiary/aromatic N) is 4. The molecule has 2 heterocycles. The number of aromatic nitrogens is 4. The summed E-state index contributed by atoms with van der Waals surface area (Å²) >= 11 is 6.06. The van der Waals surface area contributed by atoms with Crippen LogP contribution in [0.1, 0.15) is 19.9 Å². The maximum Gasteiger partial charge on any atom is 0.335 e. The summed E-state index contributed by atoms with van der Waals surface area (Å²) in [5.41, 5.74) is 1.43. The Labute approximate surface area is 120 Å². The molecule has 3 aromatic rings. The van der Waals surface area contributed by atoms with Gasteiger partial charge in [0.05, 0.1) is 17.2 Å². The molecular weight excluding hydrogens is 276 g/mol. The van der Waals surface area contributed by atoms with E-state index in [1.807, 2.05) is 19.9 Å². The van der Waals surface area contributed by atoms with Crippen molar-refractivity contribution < 1.29 is 0 Å². The molecule has 6 heteroatoms. The van der Waals surface area contributed by atoms with E-state index >= 15 is 0 Å². The molecule has 0 radical (unpaired) electrons. The molecule has 0 saturated carbocycles. The first-order chi connectivity index (χ1) is 9.59. The Morgan fingerprint density at radius 3 is 2.65 bits per heavy atom. The van der Waals surface area contributed by atoms with Crippen LogP contribution in [0.3, 0.4) is 0 Å². The highest BCUT2D eigenvalue weighted by Gasteiger charge is 2.17. The van der Waals surface area contributed by atoms with E-state index in [2.05, 4.69) is 9.97 Å². The second-order valence-corrected chi connectivity index (χ2v) is 5.21. The van der Waals surface area contributed by atoms with Crippen molar-refractivity contribution in [2.75, 3.05) is 0 Å². The van der Waals surface area contributed by atoms with Crippen molar-refractivity contribution in [2.45, 2.75) is 19.9 Å². The van der Waals surface area contributed by atoms with Crippen LogP contribution in [0.4, 0.5) is 0 Å². The van der Waals surface area contributed by atoms with Crippen LogP contribution in [0.25, 0.3) is 16.9 Å². The zero-order chi connectivity index (χ0) is 14.3. The molecule has 0 fully saturated rings. The molecule has 1 aromatic carbocycles. The maximum absolute atomic E-state index is 12.7. The lowest BCUT2D eigenvalue weighted by Crippen LogP contribution is -2.25. The number of benzene rings is 1. The number of hydrogen-bond donors (Lipinski definition) is 0. The first-order valence-corrected chi connectivity index (χ1v) is 6.66. The van der Waals surface area contributed by atoms with Crippen molar-refractivity contribution in [1.82, 2.24) is 19.1 Å². The highest BCUT2D eigenvalue weighted by atomic mass is 35.5. The van der Waals surface area contributed by atoms with Crippen molar-refractivity contribution in [3.63, 3.8) is 0 Å². The molecule has 5 nitrogen and oxygen atoms in total. The minimum atomic E-state index is -0.141. The molecule has 3 rings (SSSR count). The van der Waals surface area contributed by atoms with Gasteiger partial charge in [0.25, 0.3) is 0 Å². The lowest BCUT2D eigenvalue weighted by atomic mass is 10.3. The van der Waals surface area contributed by atoms with Gasteiger partial charge in [-0.2, -0.15) is 0 Å². The van der Waals surface area contributed by atoms with Crippen molar-refractivity contribution in [3.8, 4) is 5.82 Å². The standard InChI is InChI=1S/C14H13ClN4O/c1-9(2)18-11-4-3-10(15)7-12(11)19(14(18)20)13-8-16-5-6-17-13/h3-9H,1-2H3. The zero-order valence-corrected chi connectivity index (χ0v) is 11.9. The van der Waals surface area contributed by atoms with Crippen LogP contribution in [-0.2, 0) is 0 Å². The number of halogens is 1. The summed E-state index contributed by atoms with van der Waals surface area (Å²) < 4.78 is 3.26. The van der Waals surface area contributed by atoms with E-state index in [1.54, 1.807) is 35.3 Å². The molecule has 0 unspecified atom stereocenters. The van der Waals surface area contributed by atoms with E-state index in [1.165, 1.54) is 4.57 Å². The van der Waals surface area contributed by atoms with Gasteiger partial charge in [-0.15, -0.1) is 0 Å². The summed E-state index contributed by atoms with van der Waals surface area (Å²) in [4.78, 5) is 20.9. The van der Waals surface area contributed by atoms with E-state index in [0.29, 0.717) is 10.8 Å². The Morgan fingerprint density at radius 1 is 1.20 bits per heavy atom. The van der Waals surface area contributed by atoms with Gasteiger partial charge in [0.15, 0.2) is 5.82 Å². The highest BCUT2D eigenvalue weighted by molar-refractivity contribution is 6.31. The van der Waals surface area contributed by atoms with Crippen LogP contribution in [0, 0.1) is 0 Å². The average molecular weight is 289 g/mol. The van der Waals surface area contributed by atoms with Gasteiger partial charge in [-0.1, -0.05) is 11.6 Å². The Kier molecular flexibility index (Phi) is 3.06. The second kappa shape index (κ2) is 4.76. The zero-order valence-electron chi connectivity index (χ0n) is 11.1. The van der Waals surface area contributed by atoms with Gasteiger partial charge in [-0.3, -0.25) is 9.55 Å². The van der Waals surface area contributed by atoms with Crippen molar-refractivity contribution in [2.24, 2.45) is 0 Å². The van der Waals surface area contributed by atoms with Crippen molar-refractivity contribution >= 4 is 22.6 Å². The van der Waals surface area contributed by atoms with Gasteiger partial charge in [0.2, 0.25) is 0 Å². The fourth-order valence-corrected chi connectivity index (χ4v) is 2.49. The molecule has 2 aromatic heterocycles. The SMILES string of the molecule is CC(C)n1c(=O)n(-c2cnccn2)c2cc(Cl)ccc21. The van der Waals surface area contributed by atoms with Crippen LogP contribution in [0.5, 0.6) is 0 Å². The summed E-state index contributed by atoms with van der Waals surface area (Å²) in [5.74, 6) is 0.490. The normalized spacial score (nSPS) is 11.4. The largest absolute Gasteiger partial charge is 0.335 e.